The molecule has 0 aliphatic heterocycles. The second-order valence-corrected chi connectivity index (χ2v) is 11.0. The molecular weight excluding hydrogens is 264 g/mol. The Bertz CT molecular complexity index is 204. The van der Waals surface area contributed by atoms with Crippen molar-refractivity contribution in [2.45, 2.75) is 59.7 Å². The molecule has 0 radical (unpaired) electrons. The molecule has 0 rings (SSSR count). The quantitative estimate of drug-likeness (QED) is 0.546. The van der Waals surface area contributed by atoms with Crippen molar-refractivity contribution in [2.75, 3.05) is 19.8 Å². The Hall–Kier alpha value is 0.274. The maximum atomic E-state index is 6.41. The van der Waals surface area contributed by atoms with E-state index in [0.29, 0.717) is 19.8 Å². The van der Waals surface area contributed by atoms with Crippen molar-refractivity contribution >= 4 is 17.4 Å². The third-order valence-corrected chi connectivity index (χ3v) is 11.0. The molecule has 0 atom stereocenters. The van der Waals surface area contributed by atoms with Gasteiger partial charge in [-0.15, -0.1) is 0 Å². The zero-order valence-corrected chi connectivity index (χ0v) is 14.9. The van der Waals surface area contributed by atoms with Crippen LogP contribution in [0.2, 0.25) is 18.1 Å². The Kier molecular flexibility index (Phi) is 9.36. The molecule has 0 amide bonds. The molecule has 0 aromatic carbocycles. The van der Waals surface area contributed by atoms with Gasteiger partial charge in [0, 0.05) is 25.9 Å². The summed E-state index contributed by atoms with van der Waals surface area (Å²) in [4.78, 5) is 0. The Morgan fingerprint density at radius 3 is 1.33 bits per heavy atom. The molecule has 4 nitrogen and oxygen atoms in total. The zero-order valence-electron chi connectivity index (χ0n) is 12.9. The van der Waals surface area contributed by atoms with E-state index in [9.17, 15) is 0 Å². The maximum Gasteiger partial charge on any atom is 0.491 e. The van der Waals surface area contributed by atoms with E-state index in [4.69, 9.17) is 17.4 Å². The molecule has 0 spiro atoms. The SMILES string of the molecule is CCO[Si](CC)(CC)O[Si](CC)(OCC)OCC. The first-order valence-electron chi connectivity index (χ1n) is 7.19. The summed E-state index contributed by atoms with van der Waals surface area (Å²) in [6.45, 7) is 14.3. The van der Waals surface area contributed by atoms with E-state index in [1.165, 1.54) is 0 Å². The van der Waals surface area contributed by atoms with E-state index < -0.39 is 17.4 Å². The fourth-order valence-corrected chi connectivity index (χ4v) is 9.50. The highest BCUT2D eigenvalue weighted by atomic mass is 28.5. The van der Waals surface area contributed by atoms with Crippen molar-refractivity contribution < 1.29 is 17.4 Å². The van der Waals surface area contributed by atoms with Gasteiger partial charge in [-0.1, -0.05) is 20.8 Å². The Morgan fingerprint density at radius 2 is 1.06 bits per heavy atom. The molecule has 0 saturated heterocycles. The molecule has 0 unspecified atom stereocenters. The summed E-state index contributed by atoms with van der Waals surface area (Å²) >= 11 is 0. The molecule has 0 bridgehead atoms. The van der Waals surface area contributed by atoms with Gasteiger partial charge < -0.3 is 17.4 Å². The summed E-state index contributed by atoms with van der Waals surface area (Å²) in [5.41, 5.74) is 0. The summed E-state index contributed by atoms with van der Waals surface area (Å²) in [6, 6.07) is 2.68. The lowest BCUT2D eigenvalue weighted by atomic mass is 10.9. The van der Waals surface area contributed by atoms with Gasteiger partial charge in [-0.05, 0) is 32.9 Å². The molecule has 6 heteroatoms. The van der Waals surface area contributed by atoms with Gasteiger partial charge in [0.15, 0.2) is 0 Å². The van der Waals surface area contributed by atoms with Crippen molar-refractivity contribution in [3.8, 4) is 0 Å². The number of hydrogen-bond acceptors (Lipinski definition) is 4. The van der Waals surface area contributed by atoms with Crippen LogP contribution < -0.4 is 0 Å². The predicted octanol–water partition coefficient (Wildman–Crippen LogP) is 3.55. The highest BCUT2D eigenvalue weighted by Gasteiger charge is 2.48. The van der Waals surface area contributed by atoms with E-state index in [1.807, 2.05) is 20.8 Å². The fraction of sp³-hybridized carbons (Fsp3) is 1.00. The summed E-state index contributed by atoms with van der Waals surface area (Å²) < 4.78 is 24.1. The minimum absolute atomic E-state index is 0.629. The molecule has 0 aromatic heterocycles. The second kappa shape index (κ2) is 9.22. The van der Waals surface area contributed by atoms with Gasteiger partial charge in [-0.3, -0.25) is 0 Å². The van der Waals surface area contributed by atoms with Crippen LogP contribution in [0, 0.1) is 0 Å². The maximum absolute atomic E-state index is 6.41. The van der Waals surface area contributed by atoms with Crippen LogP contribution in [0.5, 0.6) is 0 Å². The van der Waals surface area contributed by atoms with Gasteiger partial charge in [-0.25, -0.2) is 0 Å². The normalized spacial score (nSPS) is 13.0. The molecular formula is C12H30O4Si2. The molecule has 0 aromatic rings. The summed E-state index contributed by atoms with van der Waals surface area (Å²) in [5.74, 6) is 0. The minimum atomic E-state index is -2.55. The average Bonchev–Trinajstić information content (AvgIpc) is 2.38. The number of hydrogen-bond donors (Lipinski definition) is 0. The molecule has 0 saturated carbocycles. The van der Waals surface area contributed by atoms with Crippen LogP contribution in [0.3, 0.4) is 0 Å². The first-order chi connectivity index (χ1) is 8.57. The lowest BCUT2D eigenvalue weighted by Gasteiger charge is -2.37. The highest BCUT2D eigenvalue weighted by molar-refractivity contribution is 6.78. The molecule has 0 aliphatic rings. The van der Waals surface area contributed by atoms with Gasteiger partial charge in [0.25, 0.3) is 0 Å². The van der Waals surface area contributed by atoms with Crippen LogP contribution in [0.4, 0.5) is 0 Å². The van der Waals surface area contributed by atoms with Gasteiger partial charge >= 0.3 is 17.4 Å². The highest BCUT2D eigenvalue weighted by Crippen LogP contribution is 2.27. The molecule has 0 heterocycles. The number of rotatable bonds is 11. The van der Waals surface area contributed by atoms with E-state index in [2.05, 4.69) is 20.8 Å². The Labute approximate surface area is 115 Å². The largest absolute Gasteiger partial charge is 0.491 e. The van der Waals surface area contributed by atoms with Crippen LogP contribution in [-0.2, 0) is 17.4 Å². The molecule has 0 fully saturated rings. The van der Waals surface area contributed by atoms with Crippen molar-refractivity contribution in [1.29, 1.82) is 0 Å². The van der Waals surface area contributed by atoms with E-state index in [0.717, 1.165) is 18.1 Å². The van der Waals surface area contributed by atoms with Crippen molar-refractivity contribution in [3.05, 3.63) is 0 Å². The van der Waals surface area contributed by atoms with Gasteiger partial charge in [0.05, 0.1) is 0 Å². The lowest BCUT2D eigenvalue weighted by molar-refractivity contribution is 0.0951. The first kappa shape index (κ1) is 18.3. The Balaban J connectivity index is 4.98. The van der Waals surface area contributed by atoms with Gasteiger partial charge in [0.2, 0.25) is 0 Å². The van der Waals surface area contributed by atoms with Crippen LogP contribution >= 0.6 is 0 Å². The standard InChI is InChI=1S/C12H30O4Si2/c1-7-13-17(10-4,11-5)16-18(12-6,14-8-2)15-9-3/h7-12H2,1-6H3. The van der Waals surface area contributed by atoms with Crippen molar-refractivity contribution in [1.82, 2.24) is 0 Å². The van der Waals surface area contributed by atoms with Crippen LogP contribution in [0.25, 0.3) is 0 Å². The topological polar surface area (TPSA) is 36.9 Å². The van der Waals surface area contributed by atoms with Crippen molar-refractivity contribution in [3.63, 3.8) is 0 Å². The average molecular weight is 295 g/mol. The van der Waals surface area contributed by atoms with Gasteiger partial charge in [0.1, 0.15) is 0 Å². The predicted molar refractivity (Wildman–Crippen MR) is 78.9 cm³/mol. The summed E-state index contributed by atoms with van der Waals surface area (Å²) in [5, 5.41) is 0. The smallest absolute Gasteiger partial charge is 0.395 e. The third-order valence-electron chi connectivity index (χ3n) is 2.99. The van der Waals surface area contributed by atoms with Crippen LogP contribution in [0.1, 0.15) is 41.5 Å². The Morgan fingerprint density at radius 1 is 0.611 bits per heavy atom. The van der Waals surface area contributed by atoms with E-state index >= 15 is 0 Å². The molecule has 0 N–H and O–H groups in total. The van der Waals surface area contributed by atoms with Crippen LogP contribution in [0.15, 0.2) is 0 Å². The minimum Gasteiger partial charge on any atom is -0.395 e. The molecule has 18 heavy (non-hydrogen) atoms. The monoisotopic (exact) mass is 294 g/mol. The van der Waals surface area contributed by atoms with E-state index in [-0.39, 0.29) is 0 Å². The lowest BCUT2D eigenvalue weighted by Crippen LogP contribution is -2.56. The molecule has 110 valence electrons. The molecule has 0 aliphatic carbocycles. The van der Waals surface area contributed by atoms with Crippen molar-refractivity contribution in [2.24, 2.45) is 0 Å². The first-order valence-corrected chi connectivity index (χ1v) is 11.4. The second-order valence-electron chi connectivity index (χ2n) is 4.06. The third kappa shape index (κ3) is 5.10. The zero-order chi connectivity index (χ0) is 14.1. The summed E-state index contributed by atoms with van der Waals surface area (Å²) in [6.07, 6.45) is 0. The summed E-state index contributed by atoms with van der Waals surface area (Å²) in [7, 11) is -4.71. The van der Waals surface area contributed by atoms with Crippen LogP contribution in [-0.4, -0.2) is 37.2 Å². The fourth-order valence-electron chi connectivity index (χ4n) is 1.99. The van der Waals surface area contributed by atoms with E-state index in [1.54, 1.807) is 0 Å². The van der Waals surface area contributed by atoms with Gasteiger partial charge in [-0.2, -0.15) is 0 Å².